The summed E-state index contributed by atoms with van der Waals surface area (Å²) < 4.78 is 0. The number of benzene rings is 5. The predicted molar refractivity (Wildman–Crippen MR) is 154 cm³/mol. The molecule has 0 aliphatic heterocycles. The highest BCUT2D eigenvalue weighted by atomic mass is 16.3. The summed E-state index contributed by atoms with van der Waals surface area (Å²) in [6.45, 7) is 4.04. The van der Waals surface area contributed by atoms with Crippen molar-refractivity contribution in [2.24, 2.45) is 0 Å². The molecule has 0 radical (unpaired) electrons. The Morgan fingerprint density at radius 2 is 0.714 bits per heavy atom. The minimum absolute atomic E-state index is 0.282. The maximum absolute atomic E-state index is 7.05. The summed E-state index contributed by atoms with van der Waals surface area (Å²) in [4.78, 5) is 0. The minimum atomic E-state index is -1.22. The Balaban J connectivity index is 0.000000243. The van der Waals surface area contributed by atoms with E-state index in [2.05, 4.69) is 128 Å². The van der Waals surface area contributed by atoms with Crippen LogP contribution < -0.4 is 21.9 Å². The summed E-state index contributed by atoms with van der Waals surface area (Å²) in [6, 6.07) is 53.3. The Hall–Kier alpha value is -4.14. The van der Waals surface area contributed by atoms with E-state index < -0.39 is 6.15 Å². The summed E-state index contributed by atoms with van der Waals surface area (Å²) in [6.07, 6.45) is -1.22. The molecule has 0 bridgehead atoms. The van der Waals surface area contributed by atoms with E-state index in [-0.39, 0.29) is 6.61 Å². The third kappa shape index (κ3) is 5.35. The van der Waals surface area contributed by atoms with Gasteiger partial charge < -0.3 is 5.11 Å². The number of hydrogen-bond donors (Lipinski definition) is 0. The molecule has 2 heteroatoms. The van der Waals surface area contributed by atoms with Gasteiger partial charge in [-0.3, -0.25) is 0 Å². The smallest absolute Gasteiger partial charge is 0.169 e. The highest BCUT2D eigenvalue weighted by molar-refractivity contribution is 7.19. The number of hydrogen-bond acceptors (Lipinski definition) is 0. The van der Waals surface area contributed by atoms with Crippen LogP contribution in [0, 0.1) is 0 Å². The predicted octanol–water partition coefficient (Wildman–Crippen LogP) is 4.49. The lowest BCUT2D eigenvalue weighted by molar-refractivity contribution is 0.350. The molecule has 5 aromatic rings. The standard InChI is InChI=1S/C24H20B.C9H10O/c1-5-13-21(14-6-1)25(22-15-7-2-8-16-22,23-17-9-3-10-18-23)24-19-11-4-12-20-24;1-8(7-10)9-5-3-2-4-6-9/h1-20H;2-6,10H,1,7H2/q-1;/p+1. The topological polar surface area (TPSA) is 22.9 Å². The zero-order valence-corrected chi connectivity index (χ0v) is 19.9. The third-order valence-electron chi connectivity index (χ3n) is 6.59. The molecule has 2 N–H and O–H groups in total. The fourth-order valence-electron chi connectivity index (χ4n) is 4.90. The molecule has 0 unspecified atom stereocenters. The quantitative estimate of drug-likeness (QED) is 0.267. The first-order chi connectivity index (χ1) is 17.3. The number of rotatable bonds is 6. The van der Waals surface area contributed by atoms with Crippen LogP contribution in [0.2, 0.25) is 0 Å². The average Bonchev–Trinajstić information content (AvgIpc) is 2.96. The Labute approximate surface area is 209 Å². The molecular weight excluding hydrogens is 423 g/mol. The molecular formula is C33H31BO. The molecule has 0 aliphatic rings. The van der Waals surface area contributed by atoms with Crippen molar-refractivity contribution in [2.45, 2.75) is 0 Å². The van der Waals surface area contributed by atoms with Crippen LogP contribution in [0.4, 0.5) is 0 Å². The maximum atomic E-state index is 7.05. The van der Waals surface area contributed by atoms with E-state index in [0.717, 1.165) is 11.1 Å². The Morgan fingerprint density at radius 1 is 0.457 bits per heavy atom. The molecule has 5 rings (SSSR count). The van der Waals surface area contributed by atoms with Crippen LogP contribution in [0.3, 0.4) is 0 Å². The Bertz CT molecular complexity index is 1140. The molecule has 1 nitrogen and oxygen atoms in total. The van der Waals surface area contributed by atoms with E-state index in [1.54, 1.807) is 0 Å². The van der Waals surface area contributed by atoms with Crippen LogP contribution in [-0.4, -0.2) is 17.9 Å². The van der Waals surface area contributed by atoms with Crippen LogP contribution >= 0.6 is 0 Å². The molecule has 35 heavy (non-hydrogen) atoms. The summed E-state index contributed by atoms with van der Waals surface area (Å²) in [7, 11) is 0. The second-order valence-corrected chi connectivity index (χ2v) is 8.66. The molecule has 0 saturated heterocycles. The molecule has 172 valence electrons. The molecule has 0 fully saturated rings. The summed E-state index contributed by atoms with van der Waals surface area (Å²) in [5.41, 5.74) is 7.30. The van der Waals surface area contributed by atoms with Gasteiger partial charge in [0.2, 0.25) is 0 Å². The van der Waals surface area contributed by atoms with Gasteiger partial charge in [0.15, 0.2) is 6.61 Å². The van der Waals surface area contributed by atoms with E-state index in [4.69, 9.17) is 5.11 Å². The summed E-state index contributed by atoms with van der Waals surface area (Å²) >= 11 is 0. The van der Waals surface area contributed by atoms with Gasteiger partial charge in [0.25, 0.3) is 0 Å². The van der Waals surface area contributed by atoms with Crippen molar-refractivity contribution in [1.82, 2.24) is 0 Å². The van der Waals surface area contributed by atoms with Crippen molar-refractivity contribution in [3.8, 4) is 0 Å². The van der Waals surface area contributed by atoms with E-state index in [9.17, 15) is 0 Å². The van der Waals surface area contributed by atoms with Gasteiger partial charge in [-0.1, -0.05) is 158 Å². The van der Waals surface area contributed by atoms with Gasteiger partial charge in [-0.25, -0.2) is 0 Å². The highest BCUT2D eigenvalue weighted by Gasteiger charge is 2.30. The highest BCUT2D eigenvalue weighted by Crippen LogP contribution is 2.10. The van der Waals surface area contributed by atoms with E-state index in [1.165, 1.54) is 21.9 Å². The SMILES string of the molecule is C=C(C[OH2+])c1ccccc1.c1ccc([B-](c2ccccc2)(c2ccccc2)c2ccccc2)cc1. The van der Waals surface area contributed by atoms with Crippen LogP contribution in [-0.2, 0) is 0 Å². The van der Waals surface area contributed by atoms with Crippen molar-refractivity contribution in [3.05, 3.63) is 164 Å². The zero-order valence-electron chi connectivity index (χ0n) is 19.9. The summed E-state index contributed by atoms with van der Waals surface area (Å²) in [5, 5.41) is 7.05. The lowest BCUT2D eigenvalue weighted by atomic mass is 9.13. The molecule has 0 aliphatic carbocycles. The van der Waals surface area contributed by atoms with Gasteiger partial charge in [-0.05, 0) is 5.56 Å². The largest absolute Gasteiger partial charge is 0.442 e. The molecule has 0 saturated carbocycles. The summed E-state index contributed by atoms with van der Waals surface area (Å²) in [5.74, 6) is 0. The van der Waals surface area contributed by atoms with Gasteiger partial charge in [0.05, 0.1) is 0 Å². The van der Waals surface area contributed by atoms with E-state index >= 15 is 0 Å². The first kappa shape index (κ1) is 24.0. The lowest BCUT2D eigenvalue weighted by Gasteiger charge is -2.44. The van der Waals surface area contributed by atoms with Crippen LogP contribution in [0.25, 0.3) is 5.57 Å². The van der Waals surface area contributed by atoms with Crippen LogP contribution in [0.5, 0.6) is 0 Å². The molecule has 0 spiro atoms. The second-order valence-electron chi connectivity index (χ2n) is 8.66. The normalized spacial score (nSPS) is 10.7. The third-order valence-corrected chi connectivity index (χ3v) is 6.59. The van der Waals surface area contributed by atoms with Gasteiger partial charge in [-0.15, -0.1) is 0 Å². The minimum Gasteiger partial charge on any atom is -0.442 e. The van der Waals surface area contributed by atoms with Crippen LogP contribution in [0.1, 0.15) is 5.56 Å². The van der Waals surface area contributed by atoms with Crippen molar-refractivity contribution in [2.75, 3.05) is 6.61 Å². The first-order valence-electron chi connectivity index (χ1n) is 12.0. The van der Waals surface area contributed by atoms with Crippen molar-refractivity contribution < 1.29 is 5.11 Å². The molecule has 0 atom stereocenters. The first-order valence-corrected chi connectivity index (χ1v) is 12.0. The fourth-order valence-corrected chi connectivity index (χ4v) is 4.90. The van der Waals surface area contributed by atoms with Gasteiger partial charge >= 0.3 is 0 Å². The maximum Gasteiger partial charge on any atom is 0.169 e. The van der Waals surface area contributed by atoms with E-state index in [0.29, 0.717) is 0 Å². The van der Waals surface area contributed by atoms with Crippen molar-refractivity contribution >= 4 is 33.6 Å². The van der Waals surface area contributed by atoms with Gasteiger partial charge in [-0.2, -0.15) is 21.9 Å². The molecule has 0 amide bonds. The fraction of sp³-hybridized carbons (Fsp3) is 0.0303. The zero-order chi connectivity index (χ0) is 24.3. The van der Waals surface area contributed by atoms with Gasteiger partial charge in [0.1, 0.15) is 6.15 Å². The molecule has 0 aromatic heterocycles. The monoisotopic (exact) mass is 454 g/mol. The van der Waals surface area contributed by atoms with E-state index in [1.807, 2.05) is 30.3 Å². The van der Waals surface area contributed by atoms with Crippen LogP contribution in [0.15, 0.2) is 158 Å². The molecule has 5 aromatic carbocycles. The average molecular weight is 454 g/mol. The van der Waals surface area contributed by atoms with Crippen molar-refractivity contribution in [1.29, 1.82) is 0 Å². The second kappa shape index (κ2) is 11.8. The molecule has 0 heterocycles. The van der Waals surface area contributed by atoms with Crippen molar-refractivity contribution in [3.63, 3.8) is 0 Å². The van der Waals surface area contributed by atoms with Gasteiger partial charge in [0, 0.05) is 5.57 Å². The Morgan fingerprint density at radius 3 is 0.971 bits per heavy atom. The lowest BCUT2D eigenvalue weighted by Crippen LogP contribution is -2.74. The Kier molecular flexibility index (Phi) is 8.11.